The largest absolute Gasteiger partial charge is 0.493 e. The Balaban J connectivity index is 2.54. The second-order valence-corrected chi connectivity index (χ2v) is 4.27. The van der Waals surface area contributed by atoms with Gasteiger partial charge in [0.25, 0.3) is 0 Å². The normalized spacial score (nSPS) is 12.0. The Bertz CT molecular complexity index is 659. The number of ether oxygens (including phenoxy) is 2. The minimum Gasteiger partial charge on any atom is -0.493 e. The van der Waals surface area contributed by atoms with Crippen molar-refractivity contribution in [1.29, 1.82) is 0 Å². The number of carboxylic acids is 1. The lowest BCUT2D eigenvalue weighted by molar-refractivity contribution is -0.138. The summed E-state index contributed by atoms with van der Waals surface area (Å²) in [5.41, 5.74) is 0. The van der Waals surface area contributed by atoms with Gasteiger partial charge in [0.05, 0.1) is 20.8 Å². The van der Waals surface area contributed by atoms with E-state index in [4.69, 9.17) is 19.7 Å². The van der Waals surface area contributed by atoms with Crippen molar-refractivity contribution in [2.75, 3.05) is 26.1 Å². The summed E-state index contributed by atoms with van der Waals surface area (Å²) in [4.78, 5) is 15.1. The lowest BCUT2D eigenvalue weighted by Gasteiger charge is -2.16. The standard InChI is InChI=1S/C14H16N2O5/c1-20-11-4-3-9-8(12(11)21-2)5-6-15-13(9)16-10(7-17)14(18)19/h3-6,10,17H,7H2,1-2H3,(H,15,16)(H,18,19). The van der Waals surface area contributed by atoms with Gasteiger partial charge in [0.2, 0.25) is 0 Å². The van der Waals surface area contributed by atoms with Crippen molar-refractivity contribution in [3.8, 4) is 11.5 Å². The molecule has 0 saturated heterocycles. The van der Waals surface area contributed by atoms with Crippen molar-refractivity contribution >= 4 is 22.6 Å². The molecule has 1 aromatic carbocycles. The first-order valence-electron chi connectivity index (χ1n) is 6.22. The van der Waals surface area contributed by atoms with Crippen LogP contribution in [0.15, 0.2) is 24.4 Å². The van der Waals surface area contributed by atoms with Crippen LogP contribution in [0.25, 0.3) is 10.8 Å². The topological polar surface area (TPSA) is 101 Å². The van der Waals surface area contributed by atoms with Crippen LogP contribution < -0.4 is 14.8 Å². The Kier molecular flexibility index (Phi) is 4.44. The number of hydrogen-bond donors (Lipinski definition) is 3. The van der Waals surface area contributed by atoms with Gasteiger partial charge in [-0.3, -0.25) is 0 Å². The molecule has 112 valence electrons. The number of carbonyl (C=O) groups is 1. The number of carboxylic acid groups (broad SMARTS) is 1. The van der Waals surface area contributed by atoms with Crippen molar-refractivity contribution in [2.45, 2.75) is 6.04 Å². The fourth-order valence-corrected chi connectivity index (χ4v) is 2.04. The van der Waals surface area contributed by atoms with E-state index in [0.29, 0.717) is 22.7 Å². The van der Waals surface area contributed by atoms with Crippen LogP contribution >= 0.6 is 0 Å². The zero-order chi connectivity index (χ0) is 15.4. The number of aliphatic hydroxyl groups excluding tert-OH is 1. The van der Waals surface area contributed by atoms with Crippen LogP contribution in [0.4, 0.5) is 5.82 Å². The van der Waals surface area contributed by atoms with Gasteiger partial charge in [-0.2, -0.15) is 0 Å². The van der Waals surface area contributed by atoms with Crippen LogP contribution in [0.3, 0.4) is 0 Å². The van der Waals surface area contributed by atoms with Crippen LogP contribution in [0.2, 0.25) is 0 Å². The number of rotatable bonds is 6. The van der Waals surface area contributed by atoms with Crippen LogP contribution in [0, 0.1) is 0 Å². The van der Waals surface area contributed by atoms with Crippen molar-refractivity contribution in [3.63, 3.8) is 0 Å². The molecular formula is C14H16N2O5. The van der Waals surface area contributed by atoms with Gasteiger partial charge in [-0.05, 0) is 18.2 Å². The van der Waals surface area contributed by atoms with Gasteiger partial charge in [-0.25, -0.2) is 9.78 Å². The molecule has 3 N–H and O–H groups in total. The Hall–Kier alpha value is -2.54. The second-order valence-electron chi connectivity index (χ2n) is 4.27. The van der Waals surface area contributed by atoms with E-state index in [1.165, 1.54) is 20.4 Å². The zero-order valence-corrected chi connectivity index (χ0v) is 11.7. The van der Waals surface area contributed by atoms with Crippen LogP contribution in [0.1, 0.15) is 0 Å². The van der Waals surface area contributed by atoms with E-state index in [0.717, 1.165) is 5.39 Å². The molecule has 0 fully saturated rings. The number of pyridine rings is 1. The summed E-state index contributed by atoms with van der Waals surface area (Å²) >= 11 is 0. The highest BCUT2D eigenvalue weighted by Gasteiger charge is 2.19. The predicted molar refractivity (Wildman–Crippen MR) is 77.0 cm³/mol. The quantitative estimate of drug-likeness (QED) is 0.733. The maximum absolute atomic E-state index is 11.0. The maximum atomic E-state index is 11.0. The monoisotopic (exact) mass is 292 g/mol. The van der Waals surface area contributed by atoms with Gasteiger partial charge in [0, 0.05) is 17.0 Å². The number of nitrogens with zero attached hydrogens (tertiary/aromatic N) is 1. The molecule has 21 heavy (non-hydrogen) atoms. The number of nitrogens with one attached hydrogen (secondary N) is 1. The van der Waals surface area contributed by atoms with E-state index >= 15 is 0 Å². The molecule has 0 radical (unpaired) electrons. The molecule has 2 rings (SSSR count). The molecule has 1 heterocycles. The van der Waals surface area contributed by atoms with E-state index in [9.17, 15) is 4.79 Å². The molecule has 1 atom stereocenters. The van der Waals surface area contributed by atoms with E-state index in [2.05, 4.69) is 10.3 Å². The number of anilines is 1. The lowest BCUT2D eigenvalue weighted by atomic mass is 10.1. The smallest absolute Gasteiger partial charge is 0.328 e. The molecule has 0 spiro atoms. The maximum Gasteiger partial charge on any atom is 0.328 e. The summed E-state index contributed by atoms with van der Waals surface area (Å²) in [6, 6.07) is 4.08. The molecule has 0 amide bonds. The van der Waals surface area contributed by atoms with Gasteiger partial charge in [-0.1, -0.05) is 0 Å². The molecule has 0 aliphatic carbocycles. The minimum absolute atomic E-state index is 0.356. The summed E-state index contributed by atoms with van der Waals surface area (Å²) in [6.45, 7) is -0.541. The first kappa shape index (κ1) is 14.9. The summed E-state index contributed by atoms with van der Waals surface area (Å²) in [6.07, 6.45) is 1.53. The summed E-state index contributed by atoms with van der Waals surface area (Å²) in [5.74, 6) is 0.307. The Morgan fingerprint density at radius 2 is 2.05 bits per heavy atom. The van der Waals surface area contributed by atoms with Crippen molar-refractivity contribution in [3.05, 3.63) is 24.4 Å². The Morgan fingerprint density at radius 1 is 1.29 bits per heavy atom. The molecule has 7 nitrogen and oxygen atoms in total. The van der Waals surface area contributed by atoms with E-state index in [1.807, 2.05) is 0 Å². The lowest BCUT2D eigenvalue weighted by Crippen LogP contribution is -2.33. The van der Waals surface area contributed by atoms with Gasteiger partial charge in [0.1, 0.15) is 11.9 Å². The Labute approximate surface area is 121 Å². The molecule has 0 aliphatic rings. The highest BCUT2D eigenvalue weighted by atomic mass is 16.5. The third kappa shape index (κ3) is 2.82. The SMILES string of the molecule is COc1ccc2c(NC(CO)C(=O)O)nccc2c1OC. The van der Waals surface area contributed by atoms with Gasteiger partial charge < -0.3 is 25.0 Å². The third-order valence-corrected chi connectivity index (χ3v) is 3.08. The molecular weight excluding hydrogens is 276 g/mol. The Morgan fingerprint density at radius 3 is 2.62 bits per heavy atom. The summed E-state index contributed by atoms with van der Waals surface area (Å²) < 4.78 is 10.6. The fraction of sp³-hybridized carbons (Fsp3) is 0.286. The number of fused-ring (bicyclic) bond motifs is 1. The highest BCUT2D eigenvalue weighted by Crippen LogP contribution is 2.37. The minimum atomic E-state index is -1.16. The van der Waals surface area contributed by atoms with Crippen molar-refractivity contribution in [1.82, 2.24) is 4.98 Å². The van der Waals surface area contributed by atoms with Crippen molar-refractivity contribution < 1.29 is 24.5 Å². The fourth-order valence-electron chi connectivity index (χ4n) is 2.04. The third-order valence-electron chi connectivity index (χ3n) is 3.08. The van der Waals surface area contributed by atoms with Gasteiger partial charge in [0.15, 0.2) is 11.5 Å². The summed E-state index contributed by atoms with van der Waals surface area (Å²) in [5, 5.41) is 22.2. The molecule has 0 bridgehead atoms. The molecule has 0 aliphatic heterocycles. The van der Waals surface area contributed by atoms with Crippen LogP contribution in [-0.4, -0.2) is 48.0 Å². The van der Waals surface area contributed by atoms with Gasteiger partial charge in [-0.15, -0.1) is 0 Å². The molecule has 1 aromatic heterocycles. The number of methoxy groups -OCH3 is 2. The molecule has 7 heteroatoms. The van der Waals surface area contributed by atoms with Crippen LogP contribution in [-0.2, 0) is 4.79 Å². The zero-order valence-electron chi connectivity index (χ0n) is 11.7. The number of benzene rings is 1. The van der Waals surface area contributed by atoms with E-state index < -0.39 is 18.6 Å². The van der Waals surface area contributed by atoms with E-state index in [1.54, 1.807) is 18.2 Å². The summed E-state index contributed by atoms with van der Waals surface area (Å²) in [7, 11) is 3.06. The average Bonchev–Trinajstić information content (AvgIpc) is 2.50. The number of hydrogen-bond acceptors (Lipinski definition) is 6. The van der Waals surface area contributed by atoms with Gasteiger partial charge >= 0.3 is 5.97 Å². The number of aromatic nitrogens is 1. The van der Waals surface area contributed by atoms with Crippen LogP contribution in [0.5, 0.6) is 11.5 Å². The second kappa shape index (κ2) is 6.27. The average molecular weight is 292 g/mol. The number of aliphatic carboxylic acids is 1. The predicted octanol–water partition coefficient (Wildman–Crippen LogP) is 1.11. The first-order valence-corrected chi connectivity index (χ1v) is 6.22. The van der Waals surface area contributed by atoms with Crippen molar-refractivity contribution in [2.24, 2.45) is 0 Å². The molecule has 2 aromatic rings. The molecule has 1 unspecified atom stereocenters. The first-order chi connectivity index (χ1) is 10.1. The highest BCUT2D eigenvalue weighted by molar-refractivity contribution is 5.98. The number of aliphatic hydroxyl groups is 1. The van der Waals surface area contributed by atoms with E-state index in [-0.39, 0.29) is 0 Å². The molecule has 0 saturated carbocycles.